The van der Waals surface area contributed by atoms with Crippen molar-refractivity contribution in [2.75, 3.05) is 13.2 Å². The third-order valence-corrected chi connectivity index (χ3v) is 5.15. The highest BCUT2D eigenvalue weighted by molar-refractivity contribution is 5.87. The summed E-state index contributed by atoms with van der Waals surface area (Å²) in [5, 5.41) is 2.95. The van der Waals surface area contributed by atoms with Crippen molar-refractivity contribution in [3.05, 3.63) is 65.2 Å². The van der Waals surface area contributed by atoms with Crippen LogP contribution in [0.1, 0.15) is 50.3 Å². The van der Waals surface area contributed by atoms with Gasteiger partial charge in [0.2, 0.25) is 11.8 Å². The minimum atomic E-state index is -0.537. The molecule has 0 aromatic heterocycles. The van der Waals surface area contributed by atoms with Gasteiger partial charge in [0.15, 0.2) is 0 Å². The van der Waals surface area contributed by atoms with E-state index in [0.29, 0.717) is 38.5 Å². The summed E-state index contributed by atoms with van der Waals surface area (Å²) in [6.07, 6.45) is 0.928. The number of amides is 2. The lowest BCUT2D eigenvalue weighted by molar-refractivity contribution is -0.140. The van der Waals surface area contributed by atoms with Gasteiger partial charge in [-0.15, -0.1) is 0 Å². The normalized spacial score (nSPS) is 11.8. The molecule has 2 aromatic carbocycles. The second-order valence-electron chi connectivity index (χ2n) is 8.59. The Bertz CT molecular complexity index is 829. The number of carbonyl (C=O) groups is 2. The second-order valence-corrected chi connectivity index (χ2v) is 8.59. The van der Waals surface area contributed by atoms with E-state index in [1.54, 1.807) is 11.8 Å². The molecule has 168 valence electrons. The van der Waals surface area contributed by atoms with Crippen LogP contribution in [0.2, 0.25) is 0 Å². The predicted molar refractivity (Wildman–Crippen MR) is 125 cm³/mol. The molecule has 0 spiro atoms. The molecular weight excluding hydrogens is 388 g/mol. The third-order valence-electron chi connectivity index (χ3n) is 5.15. The molecule has 2 amide bonds. The largest absolute Gasteiger partial charge is 0.494 e. The van der Waals surface area contributed by atoms with Crippen molar-refractivity contribution in [2.45, 2.75) is 60.0 Å². The molecule has 0 aliphatic heterocycles. The molecule has 5 heteroatoms. The Morgan fingerprint density at radius 1 is 0.935 bits per heavy atom. The lowest BCUT2D eigenvalue weighted by Gasteiger charge is -2.29. The number of hydrogen-bond donors (Lipinski definition) is 1. The van der Waals surface area contributed by atoms with Gasteiger partial charge in [0.25, 0.3) is 0 Å². The molecule has 0 bridgehead atoms. The lowest BCUT2D eigenvalue weighted by atomic mass is 10.1. The first-order valence-corrected chi connectivity index (χ1v) is 11.1. The monoisotopic (exact) mass is 424 g/mol. The van der Waals surface area contributed by atoms with Crippen molar-refractivity contribution in [2.24, 2.45) is 5.92 Å². The fraction of sp³-hybridized carbons (Fsp3) is 0.462. The number of hydrogen-bond acceptors (Lipinski definition) is 3. The molecule has 0 heterocycles. The van der Waals surface area contributed by atoms with Crippen LogP contribution < -0.4 is 10.1 Å². The van der Waals surface area contributed by atoms with Gasteiger partial charge in [0, 0.05) is 19.5 Å². The first-order valence-electron chi connectivity index (χ1n) is 11.1. The van der Waals surface area contributed by atoms with E-state index in [2.05, 4.69) is 5.32 Å². The molecule has 0 aliphatic rings. The smallest absolute Gasteiger partial charge is 0.242 e. The van der Waals surface area contributed by atoms with Gasteiger partial charge < -0.3 is 15.0 Å². The van der Waals surface area contributed by atoms with Crippen molar-refractivity contribution in [1.29, 1.82) is 0 Å². The van der Waals surface area contributed by atoms with E-state index in [1.165, 1.54) is 5.56 Å². The Kier molecular flexibility index (Phi) is 9.57. The number of rotatable bonds is 11. The van der Waals surface area contributed by atoms with E-state index in [4.69, 9.17) is 4.74 Å². The first kappa shape index (κ1) is 24.4. The minimum Gasteiger partial charge on any atom is -0.494 e. The van der Waals surface area contributed by atoms with Crippen LogP contribution in [0.4, 0.5) is 0 Å². The van der Waals surface area contributed by atoms with Crippen LogP contribution in [-0.4, -0.2) is 35.9 Å². The number of nitrogens with zero attached hydrogens (tertiary/aromatic N) is 1. The third kappa shape index (κ3) is 8.44. The highest BCUT2D eigenvalue weighted by Crippen LogP contribution is 2.15. The molecule has 0 radical (unpaired) electrons. The van der Waals surface area contributed by atoms with Gasteiger partial charge in [0.05, 0.1) is 6.61 Å². The van der Waals surface area contributed by atoms with E-state index in [0.717, 1.165) is 16.9 Å². The summed E-state index contributed by atoms with van der Waals surface area (Å²) in [6.45, 7) is 11.4. The van der Waals surface area contributed by atoms with E-state index in [9.17, 15) is 9.59 Å². The van der Waals surface area contributed by atoms with Crippen LogP contribution in [0.5, 0.6) is 5.75 Å². The zero-order chi connectivity index (χ0) is 22.8. The zero-order valence-corrected chi connectivity index (χ0v) is 19.5. The van der Waals surface area contributed by atoms with Gasteiger partial charge in [-0.05, 0) is 50.8 Å². The van der Waals surface area contributed by atoms with Crippen LogP contribution in [-0.2, 0) is 16.1 Å². The van der Waals surface area contributed by atoms with Crippen molar-refractivity contribution in [1.82, 2.24) is 10.2 Å². The Balaban J connectivity index is 1.97. The molecule has 0 saturated heterocycles. The summed E-state index contributed by atoms with van der Waals surface area (Å²) in [6, 6.07) is 15.4. The molecule has 0 aliphatic carbocycles. The predicted octanol–water partition coefficient (Wildman–Crippen LogP) is 4.65. The number of nitrogens with one attached hydrogen (secondary N) is 1. The van der Waals surface area contributed by atoms with Crippen LogP contribution in [0.3, 0.4) is 0 Å². The topological polar surface area (TPSA) is 58.6 Å². The molecule has 5 nitrogen and oxygen atoms in total. The van der Waals surface area contributed by atoms with Crippen LogP contribution >= 0.6 is 0 Å². The molecule has 0 fully saturated rings. The summed E-state index contributed by atoms with van der Waals surface area (Å²) in [4.78, 5) is 27.4. The van der Waals surface area contributed by atoms with Gasteiger partial charge in [0.1, 0.15) is 11.8 Å². The second kappa shape index (κ2) is 12.1. The number of carbonyl (C=O) groups excluding carboxylic acids is 2. The molecule has 1 atom stereocenters. The minimum absolute atomic E-state index is 0.0414. The maximum Gasteiger partial charge on any atom is 0.242 e. The summed E-state index contributed by atoms with van der Waals surface area (Å²) in [7, 11) is 0. The van der Waals surface area contributed by atoms with E-state index in [1.807, 2.05) is 76.2 Å². The van der Waals surface area contributed by atoms with E-state index in [-0.39, 0.29) is 11.8 Å². The van der Waals surface area contributed by atoms with Crippen molar-refractivity contribution >= 4 is 11.8 Å². The van der Waals surface area contributed by atoms with Gasteiger partial charge in [-0.3, -0.25) is 9.59 Å². The van der Waals surface area contributed by atoms with Crippen LogP contribution in [0.25, 0.3) is 0 Å². The number of aryl methyl sites for hydroxylation is 2. The highest BCUT2D eigenvalue weighted by atomic mass is 16.5. The van der Waals surface area contributed by atoms with Crippen molar-refractivity contribution in [3.63, 3.8) is 0 Å². The average molecular weight is 425 g/mol. The van der Waals surface area contributed by atoms with E-state index >= 15 is 0 Å². The maximum atomic E-state index is 13.0. The van der Waals surface area contributed by atoms with Gasteiger partial charge in [-0.25, -0.2) is 0 Å². The maximum absolute atomic E-state index is 13.0. The number of ether oxygens (including phenoxy) is 1. The summed E-state index contributed by atoms with van der Waals surface area (Å²) in [5.74, 6) is 0.998. The molecule has 0 saturated carbocycles. The number of benzene rings is 2. The Labute approximate surface area is 186 Å². The van der Waals surface area contributed by atoms with Gasteiger partial charge >= 0.3 is 0 Å². The van der Waals surface area contributed by atoms with Gasteiger partial charge in [-0.2, -0.15) is 0 Å². The van der Waals surface area contributed by atoms with Crippen LogP contribution in [0, 0.1) is 19.8 Å². The summed E-state index contributed by atoms with van der Waals surface area (Å²) >= 11 is 0. The fourth-order valence-electron chi connectivity index (χ4n) is 3.12. The summed E-state index contributed by atoms with van der Waals surface area (Å²) < 4.78 is 5.75. The Morgan fingerprint density at radius 2 is 1.52 bits per heavy atom. The standard InChI is InChI=1S/C26H36N2O3/c1-19(2)17-27-26(30)22(5)28(18-23-12-8-20(3)9-13-23)25(29)7-6-16-31-24-14-10-21(4)11-15-24/h8-15,19,22H,6-7,16-18H2,1-5H3,(H,27,30). The van der Waals surface area contributed by atoms with E-state index < -0.39 is 6.04 Å². The molecule has 1 unspecified atom stereocenters. The first-order chi connectivity index (χ1) is 14.8. The highest BCUT2D eigenvalue weighted by Gasteiger charge is 2.25. The molecule has 2 rings (SSSR count). The molecule has 1 N–H and O–H groups in total. The van der Waals surface area contributed by atoms with Gasteiger partial charge in [-0.1, -0.05) is 61.4 Å². The Morgan fingerprint density at radius 3 is 2.10 bits per heavy atom. The quantitative estimate of drug-likeness (QED) is 0.534. The van der Waals surface area contributed by atoms with Crippen molar-refractivity contribution in [3.8, 4) is 5.75 Å². The fourth-order valence-corrected chi connectivity index (χ4v) is 3.12. The Hall–Kier alpha value is -2.82. The summed E-state index contributed by atoms with van der Waals surface area (Å²) in [5.41, 5.74) is 3.36. The molecule has 2 aromatic rings. The van der Waals surface area contributed by atoms with Crippen molar-refractivity contribution < 1.29 is 14.3 Å². The molecular formula is C26H36N2O3. The lowest BCUT2D eigenvalue weighted by Crippen LogP contribution is -2.48. The molecule has 31 heavy (non-hydrogen) atoms. The SMILES string of the molecule is Cc1ccc(CN(C(=O)CCCOc2ccc(C)cc2)C(C)C(=O)NCC(C)C)cc1. The van der Waals surface area contributed by atoms with Crippen LogP contribution in [0.15, 0.2) is 48.5 Å². The zero-order valence-electron chi connectivity index (χ0n) is 19.5. The average Bonchev–Trinajstić information content (AvgIpc) is 2.75.